The van der Waals surface area contributed by atoms with Gasteiger partial charge < -0.3 is 20.1 Å². The second-order valence-electron chi connectivity index (χ2n) is 7.48. The van der Waals surface area contributed by atoms with Crippen LogP contribution in [0.25, 0.3) is 0 Å². The Bertz CT molecular complexity index is 653. The summed E-state index contributed by atoms with van der Waals surface area (Å²) in [5, 5.41) is 5.94. The number of carbonyl (C=O) groups excluding carboxylic acids is 2. The summed E-state index contributed by atoms with van der Waals surface area (Å²) in [5.74, 6) is 1.45. The Morgan fingerprint density at radius 3 is 2.50 bits per heavy atom. The van der Waals surface area contributed by atoms with E-state index in [4.69, 9.17) is 9.47 Å². The third kappa shape index (κ3) is 4.90. The fraction of sp³-hybridized carbons (Fsp3) is 0.600. The van der Waals surface area contributed by atoms with Gasteiger partial charge in [0.15, 0.2) is 0 Å². The molecule has 6 heteroatoms. The van der Waals surface area contributed by atoms with Crippen LogP contribution in [0.5, 0.6) is 11.5 Å². The van der Waals surface area contributed by atoms with Crippen molar-refractivity contribution in [2.24, 2.45) is 11.3 Å². The van der Waals surface area contributed by atoms with Gasteiger partial charge in [-0.25, -0.2) is 0 Å². The van der Waals surface area contributed by atoms with Gasteiger partial charge in [0, 0.05) is 18.0 Å². The first-order valence-electron chi connectivity index (χ1n) is 9.10. The number of hydrogen-bond donors (Lipinski definition) is 2. The molecular formula is C20H30N2O4. The standard InChI is InChI=1S/C20H30N2O4/c1-13(22-19(24)20(2,3)14-6-7-14)10-11-21-18(23)16-12-15(25-4)8-9-17(16)26-5/h8-9,12-14H,6-7,10-11H2,1-5H3,(H,21,23)(H,22,24)/t13-/m0/s1. The number of nitrogens with one attached hydrogen (secondary N) is 2. The van der Waals surface area contributed by atoms with Gasteiger partial charge in [-0.05, 0) is 50.3 Å². The lowest BCUT2D eigenvalue weighted by atomic mass is 9.86. The summed E-state index contributed by atoms with van der Waals surface area (Å²) in [5.41, 5.74) is 0.115. The Kier molecular flexibility index (Phi) is 6.51. The minimum absolute atomic E-state index is 0.00645. The van der Waals surface area contributed by atoms with E-state index < -0.39 is 0 Å². The average Bonchev–Trinajstić information content (AvgIpc) is 3.46. The maximum atomic E-state index is 12.4. The topological polar surface area (TPSA) is 76.7 Å². The molecule has 2 amide bonds. The quantitative estimate of drug-likeness (QED) is 0.708. The Hall–Kier alpha value is -2.24. The minimum Gasteiger partial charge on any atom is -0.497 e. The number of methoxy groups -OCH3 is 2. The Morgan fingerprint density at radius 1 is 1.23 bits per heavy atom. The maximum Gasteiger partial charge on any atom is 0.255 e. The van der Waals surface area contributed by atoms with Gasteiger partial charge in [0.05, 0.1) is 19.8 Å². The van der Waals surface area contributed by atoms with Crippen LogP contribution in [0.3, 0.4) is 0 Å². The van der Waals surface area contributed by atoms with Gasteiger partial charge >= 0.3 is 0 Å². The van der Waals surface area contributed by atoms with Crippen LogP contribution in [-0.2, 0) is 4.79 Å². The number of hydrogen-bond acceptors (Lipinski definition) is 4. The molecule has 26 heavy (non-hydrogen) atoms. The third-order valence-corrected chi connectivity index (χ3v) is 5.07. The van der Waals surface area contributed by atoms with Crippen LogP contribution in [0, 0.1) is 11.3 Å². The monoisotopic (exact) mass is 362 g/mol. The molecule has 0 aliphatic heterocycles. The predicted octanol–water partition coefficient (Wildman–Crippen LogP) is 2.76. The number of carbonyl (C=O) groups is 2. The first-order valence-corrected chi connectivity index (χ1v) is 9.10. The Balaban J connectivity index is 1.83. The van der Waals surface area contributed by atoms with Crippen molar-refractivity contribution in [2.75, 3.05) is 20.8 Å². The van der Waals surface area contributed by atoms with Crippen LogP contribution >= 0.6 is 0 Å². The molecule has 0 aromatic heterocycles. The van der Waals surface area contributed by atoms with Gasteiger partial charge in [0.1, 0.15) is 11.5 Å². The summed E-state index contributed by atoms with van der Waals surface area (Å²) >= 11 is 0. The van der Waals surface area contributed by atoms with Crippen molar-refractivity contribution in [3.05, 3.63) is 23.8 Å². The van der Waals surface area contributed by atoms with Gasteiger partial charge in [-0.15, -0.1) is 0 Å². The number of rotatable bonds is 9. The van der Waals surface area contributed by atoms with E-state index in [9.17, 15) is 9.59 Å². The summed E-state index contributed by atoms with van der Waals surface area (Å²) in [4.78, 5) is 24.8. The number of benzene rings is 1. The first-order chi connectivity index (χ1) is 12.3. The molecule has 6 nitrogen and oxygen atoms in total. The molecule has 1 fully saturated rings. The molecule has 2 rings (SSSR count). The fourth-order valence-corrected chi connectivity index (χ4v) is 2.96. The molecular weight excluding hydrogens is 332 g/mol. The highest BCUT2D eigenvalue weighted by Gasteiger charge is 2.43. The molecule has 0 saturated heterocycles. The molecule has 1 atom stereocenters. The Labute approximate surface area is 155 Å². The summed E-state index contributed by atoms with van der Waals surface area (Å²) in [6, 6.07) is 5.09. The maximum absolute atomic E-state index is 12.4. The van der Waals surface area contributed by atoms with E-state index in [2.05, 4.69) is 10.6 Å². The average molecular weight is 362 g/mol. The predicted molar refractivity (Wildman–Crippen MR) is 101 cm³/mol. The lowest BCUT2D eigenvalue weighted by Gasteiger charge is -2.26. The normalized spacial score (nSPS) is 15.1. The van der Waals surface area contributed by atoms with Gasteiger partial charge in [-0.2, -0.15) is 0 Å². The largest absolute Gasteiger partial charge is 0.497 e. The molecule has 2 N–H and O–H groups in total. The van der Waals surface area contributed by atoms with Crippen molar-refractivity contribution in [1.82, 2.24) is 10.6 Å². The van der Waals surface area contributed by atoms with E-state index in [1.165, 1.54) is 7.11 Å². The van der Waals surface area contributed by atoms with E-state index >= 15 is 0 Å². The van der Waals surface area contributed by atoms with Crippen molar-refractivity contribution < 1.29 is 19.1 Å². The first kappa shape index (κ1) is 20.1. The van der Waals surface area contributed by atoms with Crippen molar-refractivity contribution >= 4 is 11.8 Å². The summed E-state index contributed by atoms with van der Waals surface area (Å²) in [6.07, 6.45) is 2.92. The lowest BCUT2D eigenvalue weighted by molar-refractivity contribution is -0.131. The second kappa shape index (κ2) is 8.43. The zero-order valence-electron chi connectivity index (χ0n) is 16.3. The van der Waals surface area contributed by atoms with Crippen molar-refractivity contribution in [3.8, 4) is 11.5 Å². The van der Waals surface area contributed by atoms with Gasteiger partial charge in [-0.3, -0.25) is 9.59 Å². The molecule has 0 radical (unpaired) electrons. The number of amides is 2. The molecule has 1 aliphatic carbocycles. The van der Waals surface area contributed by atoms with Crippen LogP contribution in [0.4, 0.5) is 0 Å². The van der Waals surface area contributed by atoms with Crippen LogP contribution in [0.2, 0.25) is 0 Å². The van der Waals surface area contributed by atoms with E-state index in [0.717, 1.165) is 12.8 Å². The van der Waals surface area contributed by atoms with Crippen molar-refractivity contribution in [1.29, 1.82) is 0 Å². The summed E-state index contributed by atoms with van der Waals surface area (Å²) in [6.45, 7) is 6.43. The van der Waals surface area contributed by atoms with E-state index in [1.54, 1.807) is 25.3 Å². The highest BCUT2D eigenvalue weighted by molar-refractivity contribution is 5.97. The van der Waals surface area contributed by atoms with E-state index in [1.807, 2.05) is 20.8 Å². The molecule has 1 aromatic rings. The molecule has 1 aromatic carbocycles. The molecule has 1 aliphatic rings. The highest BCUT2D eigenvalue weighted by atomic mass is 16.5. The van der Waals surface area contributed by atoms with Gasteiger partial charge in [0.2, 0.25) is 5.91 Å². The van der Waals surface area contributed by atoms with Crippen LogP contribution < -0.4 is 20.1 Å². The third-order valence-electron chi connectivity index (χ3n) is 5.07. The molecule has 144 valence electrons. The van der Waals surface area contributed by atoms with Crippen LogP contribution in [0.1, 0.15) is 50.4 Å². The van der Waals surface area contributed by atoms with E-state index in [-0.39, 0.29) is 23.3 Å². The minimum atomic E-state index is -0.314. The summed E-state index contributed by atoms with van der Waals surface area (Å²) in [7, 11) is 3.08. The van der Waals surface area contributed by atoms with E-state index in [0.29, 0.717) is 35.9 Å². The Morgan fingerprint density at radius 2 is 1.92 bits per heavy atom. The van der Waals surface area contributed by atoms with Gasteiger partial charge in [-0.1, -0.05) is 13.8 Å². The van der Waals surface area contributed by atoms with Crippen LogP contribution in [-0.4, -0.2) is 38.6 Å². The van der Waals surface area contributed by atoms with Crippen molar-refractivity contribution in [2.45, 2.75) is 46.1 Å². The lowest BCUT2D eigenvalue weighted by Crippen LogP contribution is -2.44. The summed E-state index contributed by atoms with van der Waals surface area (Å²) < 4.78 is 10.4. The second-order valence-corrected chi connectivity index (χ2v) is 7.48. The van der Waals surface area contributed by atoms with Gasteiger partial charge in [0.25, 0.3) is 5.91 Å². The number of ether oxygens (including phenoxy) is 2. The highest BCUT2D eigenvalue weighted by Crippen LogP contribution is 2.45. The van der Waals surface area contributed by atoms with Crippen molar-refractivity contribution in [3.63, 3.8) is 0 Å². The zero-order chi connectivity index (χ0) is 19.3. The van der Waals surface area contributed by atoms with Crippen LogP contribution in [0.15, 0.2) is 18.2 Å². The smallest absolute Gasteiger partial charge is 0.255 e. The SMILES string of the molecule is COc1ccc(OC)c(C(=O)NCC[C@H](C)NC(=O)C(C)(C)C2CC2)c1. The fourth-order valence-electron chi connectivity index (χ4n) is 2.96. The molecule has 0 heterocycles. The zero-order valence-corrected chi connectivity index (χ0v) is 16.3. The molecule has 0 spiro atoms. The molecule has 0 unspecified atom stereocenters. The molecule has 0 bridgehead atoms. The molecule has 1 saturated carbocycles.